The van der Waals surface area contributed by atoms with Gasteiger partial charge in [0.25, 0.3) is 5.91 Å². The molecule has 0 aliphatic carbocycles. The van der Waals surface area contributed by atoms with Crippen LogP contribution < -0.4 is 14.8 Å². The maximum Gasteiger partial charge on any atom is 0.343 e. The monoisotopic (exact) mass is 442 g/mol. The van der Waals surface area contributed by atoms with Crippen LogP contribution in [0.3, 0.4) is 0 Å². The van der Waals surface area contributed by atoms with E-state index in [-0.39, 0.29) is 17.4 Å². The van der Waals surface area contributed by atoms with Crippen LogP contribution in [0.1, 0.15) is 29.8 Å². The van der Waals surface area contributed by atoms with Crippen molar-refractivity contribution in [2.75, 3.05) is 7.11 Å². The van der Waals surface area contributed by atoms with Gasteiger partial charge in [-0.15, -0.1) is 0 Å². The van der Waals surface area contributed by atoms with Crippen LogP contribution in [0, 0.1) is 11.3 Å². The van der Waals surface area contributed by atoms with E-state index in [4.69, 9.17) is 9.47 Å². The Morgan fingerprint density at radius 2 is 1.82 bits per heavy atom. The van der Waals surface area contributed by atoms with Crippen LogP contribution in [0.25, 0.3) is 6.08 Å². The summed E-state index contributed by atoms with van der Waals surface area (Å²) in [6.07, 6.45) is 1.44. The number of ether oxygens (including phenoxy) is 2. The fourth-order valence-corrected chi connectivity index (χ4v) is 2.52. The third-order valence-corrected chi connectivity index (χ3v) is 4.09. The molecule has 0 aromatic heterocycles. The fraction of sp³-hybridized carbons (Fsp3) is 0.190. The molecule has 0 saturated carbocycles. The van der Waals surface area contributed by atoms with Gasteiger partial charge >= 0.3 is 5.97 Å². The summed E-state index contributed by atoms with van der Waals surface area (Å²) in [6, 6.07) is 13.3. The van der Waals surface area contributed by atoms with Gasteiger partial charge in [-0.1, -0.05) is 22.0 Å². The first-order valence-corrected chi connectivity index (χ1v) is 9.21. The Kier molecular flexibility index (Phi) is 7.36. The minimum Gasteiger partial charge on any atom is -0.493 e. The molecule has 2 aromatic rings. The zero-order valence-electron chi connectivity index (χ0n) is 15.7. The van der Waals surface area contributed by atoms with Gasteiger partial charge in [-0.3, -0.25) is 4.79 Å². The predicted molar refractivity (Wildman–Crippen MR) is 109 cm³/mol. The Balaban J connectivity index is 2.25. The Labute approximate surface area is 171 Å². The second kappa shape index (κ2) is 9.72. The van der Waals surface area contributed by atoms with Gasteiger partial charge < -0.3 is 14.8 Å². The molecule has 144 valence electrons. The van der Waals surface area contributed by atoms with E-state index >= 15 is 0 Å². The largest absolute Gasteiger partial charge is 0.493 e. The lowest BCUT2D eigenvalue weighted by atomic mass is 10.1. The van der Waals surface area contributed by atoms with Crippen LogP contribution in [-0.2, 0) is 4.79 Å². The highest BCUT2D eigenvalue weighted by atomic mass is 79.9. The number of hydrogen-bond acceptors (Lipinski definition) is 5. The highest BCUT2D eigenvalue weighted by Crippen LogP contribution is 2.30. The molecule has 28 heavy (non-hydrogen) atoms. The molecule has 0 aliphatic rings. The average Bonchev–Trinajstić information content (AvgIpc) is 2.66. The van der Waals surface area contributed by atoms with Gasteiger partial charge in [0.15, 0.2) is 11.5 Å². The van der Waals surface area contributed by atoms with Crippen molar-refractivity contribution in [3.63, 3.8) is 0 Å². The molecule has 0 radical (unpaired) electrons. The molecule has 0 aliphatic heterocycles. The maximum atomic E-state index is 12.3. The zero-order valence-corrected chi connectivity index (χ0v) is 17.2. The molecule has 0 atom stereocenters. The molecule has 2 aromatic carbocycles. The SMILES string of the molecule is COc1cc(/C=C(\C#N)C(=O)NC(C)C)ccc1OC(=O)c1ccc(Br)cc1. The summed E-state index contributed by atoms with van der Waals surface area (Å²) < 4.78 is 11.5. The number of carbonyl (C=O) groups is 2. The standard InChI is InChI=1S/C21H19BrN2O4/c1-13(2)24-20(25)16(12-23)10-14-4-9-18(19(11-14)27-3)28-21(26)15-5-7-17(22)8-6-15/h4-11,13H,1-3H3,(H,24,25)/b16-10+. The van der Waals surface area contributed by atoms with Crippen LogP contribution in [0.5, 0.6) is 11.5 Å². The summed E-state index contributed by atoms with van der Waals surface area (Å²) in [5.41, 5.74) is 0.928. The molecular weight excluding hydrogens is 424 g/mol. The molecule has 2 rings (SSSR count). The molecular formula is C21H19BrN2O4. The Hall–Kier alpha value is -3.11. The zero-order chi connectivity index (χ0) is 20.7. The van der Waals surface area contributed by atoms with E-state index in [0.717, 1.165) is 4.47 Å². The lowest BCUT2D eigenvalue weighted by Crippen LogP contribution is -2.30. The molecule has 7 heteroatoms. The van der Waals surface area contributed by atoms with Crippen LogP contribution in [-0.4, -0.2) is 25.0 Å². The Morgan fingerprint density at radius 1 is 1.14 bits per heavy atom. The average molecular weight is 443 g/mol. The smallest absolute Gasteiger partial charge is 0.343 e. The van der Waals surface area contributed by atoms with Gasteiger partial charge in [-0.05, 0) is 61.9 Å². The number of amides is 1. The number of hydrogen-bond donors (Lipinski definition) is 1. The second-order valence-electron chi connectivity index (χ2n) is 6.10. The van der Waals surface area contributed by atoms with Crippen molar-refractivity contribution in [2.45, 2.75) is 19.9 Å². The van der Waals surface area contributed by atoms with E-state index in [1.807, 2.05) is 19.9 Å². The number of nitrogens with zero attached hydrogens (tertiary/aromatic N) is 1. The highest BCUT2D eigenvalue weighted by molar-refractivity contribution is 9.10. The summed E-state index contributed by atoms with van der Waals surface area (Å²) in [5.74, 6) is -0.441. The lowest BCUT2D eigenvalue weighted by Gasteiger charge is -2.11. The van der Waals surface area contributed by atoms with E-state index in [0.29, 0.717) is 16.9 Å². The van der Waals surface area contributed by atoms with Gasteiger partial charge in [0.05, 0.1) is 12.7 Å². The van der Waals surface area contributed by atoms with E-state index < -0.39 is 11.9 Å². The molecule has 0 saturated heterocycles. The predicted octanol–water partition coefficient (Wildman–Crippen LogP) is 4.11. The number of nitrogens with one attached hydrogen (secondary N) is 1. The number of esters is 1. The quantitative estimate of drug-likeness (QED) is 0.314. The van der Waals surface area contributed by atoms with Crippen molar-refractivity contribution in [3.05, 3.63) is 63.6 Å². The normalized spacial score (nSPS) is 10.9. The summed E-state index contributed by atoms with van der Waals surface area (Å²) in [4.78, 5) is 24.3. The van der Waals surface area contributed by atoms with Crippen molar-refractivity contribution >= 4 is 33.9 Å². The minimum atomic E-state index is -0.525. The van der Waals surface area contributed by atoms with Gasteiger partial charge in [0, 0.05) is 10.5 Å². The van der Waals surface area contributed by atoms with Gasteiger partial charge in [0.1, 0.15) is 11.6 Å². The molecule has 0 fully saturated rings. The summed E-state index contributed by atoms with van der Waals surface area (Å²) in [5, 5.41) is 11.9. The van der Waals surface area contributed by atoms with E-state index in [2.05, 4.69) is 21.2 Å². The van der Waals surface area contributed by atoms with Gasteiger partial charge in [-0.2, -0.15) is 5.26 Å². The topological polar surface area (TPSA) is 88.4 Å². The van der Waals surface area contributed by atoms with Crippen molar-refractivity contribution < 1.29 is 19.1 Å². The lowest BCUT2D eigenvalue weighted by molar-refractivity contribution is -0.117. The molecule has 1 amide bonds. The maximum absolute atomic E-state index is 12.3. The number of halogens is 1. The summed E-state index contributed by atoms with van der Waals surface area (Å²) in [6.45, 7) is 3.62. The Morgan fingerprint density at radius 3 is 2.39 bits per heavy atom. The molecule has 0 unspecified atom stereocenters. The van der Waals surface area contributed by atoms with E-state index in [1.54, 1.807) is 42.5 Å². The minimum absolute atomic E-state index is 0.0321. The fourth-order valence-electron chi connectivity index (χ4n) is 2.26. The second-order valence-corrected chi connectivity index (χ2v) is 7.02. The van der Waals surface area contributed by atoms with Crippen molar-refractivity contribution in [1.82, 2.24) is 5.32 Å². The number of nitriles is 1. The molecule has 1 N–H and O–H groups in total. The van der Waals surface area contributed by atoms with Crippen molar-refractivity contribution in [1.29, 1.82) is 5.26 Å². The van der Waals surface area contributed by atoms with Crippen LogP contribution in [0.4, 0.5) is 0 Å². The molecule has 0 spiro atoms. The van der Waals surface area contributed by atoms with Gasteiger partial charge in [0.2, 0.25) is 0 Å². The first-order chi connectivity index (χ1) is 13.3. The summed E-state index contributed by atoms with van der Waals surface area (Å²) >= 11 is 3.31. The number of rotatable bonds is 6. The van der Waals surface area contributed by atoms with Crippen molar-refractivity contribution in [3.8, 4) is 17.6 Å². The third kappa shape index (κ3) is 5.69. The first kappa shape index (κ1) is 21.2. The molecule has 0 bridgehead atoms. The van der Waals surface area contributed by atoms with Crippen molar-refractivity contribution in [2.24, 2.45) is 0 Å². The Bertz CT molecular complexity index is 944. The molecule has 6 nitrogen and oxygen atoms in total. The van der Waals surface area contributed by atoms with Crippen LogP contribution in [0.2, 0.25) is 0 Å². The number of carbonyl (C=O) groups excluding carboxylic acids is 2. The van der Waals surface area contributed by atoms with Crippen LogP contribution in [0.15, 0.2) is 52.5 Å². The summed E-state index contributed by atoms with van der Waals surface area (Å²) in [7, 11) is 1.44. The van der Waals surface area contributed by atoms with Gasteiger partial charge in [-0.25, -0.2) is 4.79 Å². The first-order valence-electron chi connectivity index (χ1n) is 8.42. The van der Waals surface area contributed by atoms with E-state index in [1.165, 1.54) is 13.2 Å². The molecule has 0 heterocycles. The highest BCUT2D eigenvalue weighted by Gasteiger charge is 2.14. The van der Waals surface area contributed by atoms with Crippen LogP contribution >= 0.6 is 15.9 Å². The van der Waals surface area contributed by atoms with E-state index in [9.17, 15) is 14.9 Å². The third-order valence-electron chi connectivity index (χ3n) is 3.57. The number of methoxy groups -OCH3 is 1. The number of benzene rings is 2.